The van der Waals surface area contributed by atoms with E-state index in [1.807, 2.05) is 6.92 Å². The normalized spacial score (nSPS) is 22.9. The van der Waals surface area contributed by atoms with E-state index in [2.05, 4.69) is 20.8 Å². The van der Waals surface area contributed by atoms with Gasteiger partial charge in [0, 0.05) is 12.8 Å². The van der Waals surface area contributed by atoms with Crippen LogP contribution >= 0.6 is 0 Å². The summed E-state index contributed by atoms with van der Waals surface area (Å²) in [5.74, 6) is 0.267. The molecule has 2 amide bonds. The maximum absolute atomic E-state index is 13.2. The Hall–Kier alpha value is -2.43. The molecule has 3 N–H and O–H groups in total. The molecule has 1 aromatic heterocycles. The van der Waals surface area contributed by atoms with Gasteiger partial charge in [0.2, 0.25) is 5.88 Å². The maximum Gasteiger partial charge on any atom is 0.354 e. The molecular weight excluding hydrogens is 406 g/mol. The van der Waals surface area contributed by atoms with E-state index < -0.39 is 21.5 Å². The summed E-state index contributed by atoms with van der Waals surface area (Å²) in [6.45, 7) is 2.63. The third-order valence-electron chi connectivity index (χ3n) is 6.05. The van der Waals surface area contributed by atoms with Crippen molar-refractivity contribution in [3.8, 4) is 5.88 Å². The summed E-state index contributed by atoms with van der Waals surface area (Å²) in [7, 11) is -1.95. The summed E-state index contributed by atoms with van der Waals surface area (Å²) in [6, 6.07) is 1.54. The van der Waals surface area contributed by atoms with Gasteiger partial charge in [0.05, 0.1) is 19.3 Å². The van der Waals surface area contributed by atoms with Gasteiger partial charge in [-0.15, -0.1) is 4.36 Å². The van der Waals surface area contributed by atoms with Crippen molar-refractivity contribution in [2.45, 2.75) is 56.1 Å². The van der Waals surface area contributed by atoms with Crippen LogP contribution in [-0.2, 0) is 46.9 Å². The number of amides is 2. The molecule has 0 saturated carbocycles. The van der Waals surface area contributed by atoms with E-state index in [1.54, 1.807) is 11.8 Å². The topological polar surface area (TPSA) is 121 Å². The summed E-state index contributed by atoms with van der Waals surface area (Å²) in [5.41, 5.74) is 5.09. The number of hydrogen-bond acceptors (Lipinski definition) is 5. The molecule has 0 saturated heterocycles. The van der Waals surface area contributed by atoms with Gasteiger partial charge in [0.1, 0.15) is 4.90 Å². The molecule has 5 rings (SSSR count). The predicted octanol–water partition coefficient (Wildman–Crippen LogP) is 2.20. The summed E-state index contributed by atoms with van der Waals surface area (Å²) >= 11 is 0. The average Bonchev–Trinajstić information content (AvgIpc) is 3.31. The Labute approximate surface area is 175 Å². The van der Waals surface area contributed by atoms with Gasteiger partial charge in [-0.3, -0.25) is 0 Å². The smallest absolute Gasteiger partial charge is 0.354 e. The number of aromatic nitrogens is 2. The van der Waals surface area contributed by atoms with Gasteiger partial charge < -0.3 is 14.8 Å². The first-order chi connectivity index (χ1) is 14.3. The van der Waals surface area contributed by atoms with Gasteiger partial charge in [0.15, 0.2) is 15.5 Å². The Kier molecular flexibility index (Phi) is 4.42. The van der Waals surface area contributed by atoms with Crippen molar-refractivity contribution in [1.29, 1.82) is 0 Å². The second-order valence-electron chi connectivity index (χ2n) is 8.43. The van der Waals surface area contributed by atoms with Crippen LogP contribution in [-0.4, -0.2) is 39.3 Å². The molecule has 9 nitrogen and oxygen atoms in total. The highest BCUT2D eigenvalue weighted by atomic mass is 32.2. The van der Waals surface area contributed by atoms with Crippen molar-refractivity contribution in [2.24, 2.45) is 9.50 Å². The van der Waals surface area contributed by atoms with E-state index in [0.29, 0.717) is 13.2 Å². The number of methoxy groups -OCH3 is 1. The molecule has 2 aromatic rings. The molecule has 2 atom stereocenters. The molecule has 2 aliphatic carbocycles. The fraction of sp³-hybridized carbons (Fsp3) is 0.500. The van der Waals surface area contributed by atoms with Crippen LogP contribution in [0.3, 0.4) is 0 Å². The summed E-state index contributed by atoms with van der Waals surface area (Å²) < 4.78 is 29.7. The lowest BCUT2D eigenvalue weighted by Gasteiger charge is -2.25. The van der Waals surface area contributed by atoms with Crippen LogP contribution in [0.5, 0.6) is 5.88 Å². The first-order valence-electron chi connectivity index (χ1n) is 10.1. The van der Waals surface area contributed by atoms with Crippen molar-refractivity contribution >= 4 is 21.6 Å². The Morgan fingerprint density at radius 3 is 2.87 bits per heavy atom. The fourth-order valence-corrected chi connectivity index (χ4v) is 5.62. The molecule has 0 bridgehead atoms. The average molecular weight is 432 g/mol. The lowest BCUT2D eigenvalue weighted by atomic mass is 9.83. The monoisotopic (exact) mass is 431 g/mol. The van der Waals surface area contributed by atoms with E-state index in [9.17, 15) is 9.00 Å². The molecule has 2 heterocycles. The largest absolute Gasteiger partial charge is 0.466 e. The van der Waals surface area contributed by atoms with Gasteiger partial charge in [0.25, 0.3) is 0 Å². The maximum atomic E-state index is 13.2. The fourth-order valence-electron chi connectivity index (χ4n) is 4.63. The highest BCUT2D eigenvalue weighted by molar-refractivity contribution is 7.91. The molecule has 3 aliphatic rings. The van der Waals surface area contributed by atoms with E-state index >= 15 is 0 Å². The number of benzene rings is 1. The van der Waals surface area contributed by atoms with Gasteiger partial charge in [-0.05, 0) is 61.3 Å². The minimum Gasteiger partial charge on any atom is -0.466 e. The number of nitrogens with one attached hydrogen (secondary N) is 1. The number of urea groups is 1. The van der Waals surface area contributed by atoms with Crippen molar-refractivity contribution in [2.75, 3.05) is 19.0 Å². The third-order valence-corrected chi connectivity index (χ3v) is 7.39. The van der Waals surface area contributed by atoms with Crippen molar-refractivity contribution in [3.05, 3.63) is 34.5 Å². The lowest BCUT2D eigenvalue weighted by molar-refractivity contribution is 0.0165. The first kappa shape index (κ1) is 19.5. The van der Waals surface area contributed by atoms with E-state index in [0.717, 1.165) is 43.4 Å². The molecule has 160 valence electrons. The van der Waals surface area contributed by atoms with Crippen LogP contribution in [0, 0.1) is 0 Å². The van der Waals surface area contributed by atoms with Crippen LogP contribution in [0.25, 0.3) is 0 Å². The molecular formula is C20H25N5O4S. The second kappa shape index (κ2) is 6.79. The number of carbonyl (C=O) groups is 1. The molecule has 10 heteroatoms. The van der Waals surface area contributed by atoms with Crippen molar-refractivity contribution in [1.82, 2.24) is 9.78 Å². The molecule has 0 spiro atoms. The number of carbonyl (C=O) groups excluding carboxylic acids is 1. The first-order valence-corrected chi connectivity index (χ1v) is 11.6. The Balaban J connectivity index is 1.43. The van der Waals surface area contributed by atoms with Crippen LogP contribution in [0.1, 0.15) is 35.6 Å². The molecule has 0 radical (unpaired) electrons. The molecule has 1 aromatic carbocycles. The minimum absolute atomic E-state index is 0.115. The number of aryl methyl sites for hydroxylation is 2. The Bertz CT molecular complexity index is 1180. The SMILES string of the molecule is COC[C@@]1(C)Cn2ncc(S(N)(=O)=NC(=O)Nc3c4c(cc5c3CC5)CCC4)c2O1. The lowest BCUT2D eigenvalue weighted by Crippen LogP contribution is -2.36. The minimum atomic E-state index is -3.53. The number of hydrogen-bond donors (Lipinski definition) is 2. The zero-order valence-corrected chi connectivity index (χ0v) is 17.9. The highest BCUT2D eigenvalue weighted by Crippen LogP contribution is 2.40. The summed E-state index contributed by atoms with van der Waals surface area (Å²) in [6.07, 6.45) is 6.34. The summed E-state index contributed by atoms with van der Waals surface area (Å²) in [4.78, 5) is 12.8. The zero-order valence-electron chi connectivity index (χ0n) is 17.1. The van der Waals surface area contributed by atoms with Crippen LogP contribution in [0.2, 0.25) is 0 Å². The molecule has 30 heavy (non-hydrogen) atoms. The van der Waals surface area contributed by atoms with Crippen LogP contribution in [0.15, 0.2) is 21.5 Å². The van der Waals surface area contributed by atoms with Crippen LogP contribution in [0.4, 0.5) is 10.5 Å². The van der Waals surface area contributed by atoms with E-state index in [1.165, 1.54) is 22.9 Å². The van der Waals surface area contributed by atoms with E-state index in [4.69, 9.17) is 14.6 Å². The number of nitrogens with zero attached hydrogens (tertiary/aromatic N) is 3. The van der Waals surface area contributed by atoms with Gasteiger partial charge >= 0.3 is 6.03 Å². The predicted molar refractivity (Wildman–Crippen MR) is 111 cm³/mol. The number of fused-ring (bicyclic) bond motifs is 3. The highest BCUT2D eigenvalue weighted by Gasteiger charge is 2.39. The number of anilines is 1. The van der Waals surface area contributed by atoms with Gasteiger partial charge in [-0.2, -0.15) is 5.10 Å². The van der Waals surface area contributed by atoms with Crippen LogP contribution < -0.4 is 15.2 Å². The molecule has 1 unspecified atom stereocenters. The number of ether oxygens (including phenoxy) is 2. The standard InChI is InChI=1S/C20H25N5O4S/c1-20(11-28-2)10-25-18(29-20)16(9-22-25)30(21,27)24-19(26)23-17-14-5-3-4-12(14)8-13-6-7-15(13)17/h8-9H,3-7,10-11H2,1-2H3,(H3,21,23,24,26,27)/t20-,30?/m1/s1. The quantitative estimate of drug-likeness (QED) is 0.769. The molecule has 1 aliphatic heterocycles. The number of nitrogens with two attached hydrogens (primary N) is 1. The van der Waals surface area contributed by atoms with Crippen molar-refractivity contribution in [3.63, 3.8) is 0 Å². The number of rotatable bonds is 4. The summed E-state index contributed by atoms with van der Waals surface area (Å²) in [5, 5.41) is 13.1. The Morgan fingerprint density at radius 1 is 1.37 bits per heavy atom. The molecule has 0 fully saturated rings. The van der Waals surface area contributed by atoms with Gasteiger partial charge in [-0.1, -0.05) is 6.07 Å². The third kappa shape index (κ3) is 3.10. The second-order valence-corrected chi connectivity index (χ2v) is 10.2. The zero-order chi connectivity index (χ0) is 21.1. The van der Waals surface area contributed by atoms with Crippen molar-refractivity contribution < 1.29 is 18.5 Å². The van der Waals surface area contributed by atoms with E-state index in [-0.39, 0.29) is 10.8 Å². The Morgan fingerprint density at radius 2 is 2.13 bits per heavy atom. The van der Waals surface area contributed by atoms with Gasteiger partial charge in [-0.25, -0.2) is 18.8 Å².